The molecule has 0 spiro atoms. The van der Waals surface area contributed by atoms with E-state index in [9.17, 15) is 0 Å². The van der Waals surface area contributed by atoms with E-state index in [1.54, 1.807) is 25.6 Å². The highest BCUT2D eigenvalue weighted by Crippen LogP contribution is 2.25. The molecule has 0 aliphatic heterocycles. The van der Waals surface area contributed by atoms with E-state index >= 15 is 0 Å². The van der Waals surface area contributed by atoms with E-state index < -0.39 is 0 Å². The van der Waals surface area contributed by atoms with Crippen LogP contribution in [0.1, 0.15) is 17.1 Å². The first-order valence-corrected chi connectivity index (χ1v) is 8.28. The molecular weight excluding hydrogens is 328 g/mol. The molecule has 3 aromatic heterocycles. The van der Waals surface area contributed by atoms with Gasteiger partial charge in [-0.3, -0.25) is 0 Å². The highest BCUT2D eigenvalue weighted by atomic mass is 16.5. The van der Waals surface area contributed by atoms with Gasteiger partial charge < -0.3 is 14.5 Å². The highest BCUT2D eigenvalue weighted by molar-refractivity contribution is 5.81. The van der Waals surface area contributed by atoms with E-state index in [4.69, 9.17) is 9.47 Å². The molecule has 0 aliphatic carbocycles. The van der Waals surface area contributed by atoms with Crippen molar-refractivity contribution in [3.63, 3.8) is 0 Å². The number of fused-ring (bicyclic) bond motifs is 1. The summed E-state index contributed by atoms with van der Waals surface area (Å²) >= 11 is 0. The maximum absolute atomic E-state index is 5.91. The molecule has 0 fully saturated rings. The van der Waals surface area contributed by atoms with Crippen LogP contribution in [0.25, 0.3) is 10.9 Å². The molecule has 3 heterocycles. The van der Waals surface area contributed by atoms with Crippen molar-refractivity contribution in [1.82, 2.24) is 19.9 Å². The van der Waals surface area contributed by atoms with Gasteiger partial charge in [0.25, 0.3) is 0 Å². The fourth-order valence-corrected chi connectivity index (χ4v) is 2.78. The van der Waals surface area contributed by atoms with Crippen LogP contribution < -0.4 is 9.47 Å². The third-order valence-corrected chi connectivity index (χ3v) is 4.00. The van der Waals surface area contributed by atoms with Crippen LogP contribution in [0.5, 0.6) is 17.5 Å². The molecule has 0 radical (unpaired) electrons. The smallest absolute Gasteiger partial charge is 0.222 e. The van der Waals surface area contributed by atoms with E-state index in [1.165, 1.54) is 0 Å². The molecule has 0 bridgehead atoms. The van der Waals surface area contributed by atoms with Gasteiger partial charge in [0, 0.05) is 47.5 Å². The molecule has 1 N–H and O–H groups in total. The van der Waals surface area contributed by atoms with Crippen LogP contribution in [-0.4, -0.2) is 27.0 Å². The third-order valence-electron chi connectivity index (χ3n) is 4.00. The van der Waals surface area contributed by atoms with Crippen molar-refractivity contribution in [3.05, 3.63) is 71.9 Å². The lowest BCUT2D eigenvalue weighted by Gasteiger charge is -2.07. The summed E-state index contributed by atoms with van der Waals surface area (Å²) in [5.41, 5.74) is 3.21. The minimum atomic E-state index is 0.517. The van der Waals surface area contributed by atoms with Crippen LogP contribution in [-0.2, 0) is 6.42 Å². The molecule has 0 atom stereocenters. The quantitative estimate of drug-likeness (QED) is 0.590. The van der Waals surface area contributed by atoms with Crippen LogP contribution in [0.2, 0.25) is 0 Å². The van der Waals surface area contributed by atoms with E-state index in [1.807, 2.05) is 37.3 Å². The molecule has 0 aliphatic rings. The summed E-state index contributed by atoms with van der Waals surface area (Å²) in [7, 11) is 1.60. The van der Waals surface area contributed by atoms with Crippen molar-refractivity contribution < 1.29 is 9.47 Å². The van der Waals surface area contributed by atoms with Crippen molar-refractivity contribution >= 4 is 10.9 Å². The van der Waals surface area contributed by atoms with E-state index in [0.29, 0.717) is 24.0 Å². The molecule has 26 heavy (non-hydrogen) atoms. The van der Waals surface area contributed by atoms with Gasteiger partial charge in [-0.15, -0.1) is 0 Å². The summed E-state index contributed by atoms with van der Waals surface area (Å²) < 4.78 is 11.0. The molecule has 0 amide bonds. The standard InChI is InChI=1S/C20H18N4O2/c1-13-9-15-11-16(4-5-17(15)23-13)26-20-7-8-21-18(24-20)10-14-3-6-19(25-2)22-12-14/h3-9,11-12,23H,10H2,1-2H3. The number of methoxy groups -OCH3 is 1. The number of H-pyrrole nitrogens is 1. The van der Waals surface area contributed by atoms with Gasteiger partial charge in [0.15, 0.2) is 0 Å². The minimum absolute atomic E-state index is 0.517. The SMILES string of the molecule is COc1ccc(Cc2nccc(Oc3ccc4[nH]c(C)cc4c3)n2)cn1. The van der Waals surface area contributed by atoms with Crippen molar-refractivity contribution in [2.45, 2.75) is 13.3 Å². The highest BCUT2D eigenvalue weighted by Gasteiger charge is 2.06. The number of aromatic nitrogens is 4. The maximum Gasteiger partial charge on any atom is 0.222 e. The topological polar surface area (TPSA) is 72.9 Å². The zero-order chi connectivity index (χ0) is 17.9. The second-order valence-corrected chi connectivity index (χ2v) is 6.00. The third kappa shape index (κ3) is 3.49. The Labute approximate surface area is 150 Å². The summed E-state index contributed by atoms with van der Waals surface area (Å²) in [6.45, 7) is 2.03. The molecular formula is C20H18N4O2. The lowest BCUT2D eigenvalue weighted by molar-refractivity contribution is 0.397. The second kappa shape index (κ2) is 6.84. The maximum atomic E-state index is 5.91. The first kappa shape index (κ1) is 16.1. The van der Waals surface area contributed by atoms with Gasteiger partial charge in [-0.2, -0.15) is 4.98 Å². The molecule has 130 valence electrons. The normalized spacial score (nSPS) is 10.8. The fourth-order valence-electron chi connectivity index (χ4n) is 2.78. The first-order valence-electron chi connectivity index (χ1n) is 8.28. The van der Waals surface area contributed by atoms with Crippen molar-refractivity contribution in [3.8, 4) is 17.5 Å². The summed E-state index contributed by atoms with van der Waals surface area (Å²) in [6, 6.07) is 13.5. The van der Waals surface area contributed by atoms with Crippen LogP contribution in [0.4, 0.5) is 0 Å². The van der Waals surface area contributed by atoms with Gasteiger partial charge in [-0.1, -0.05) is 6.07 Å². The molecule has 1 aromatic carbocycles. The van der Waals surface area contributed by atoms with Crippen LogP contribution >= 0.6 is 0 Å². The Hall–Kier alpha value is -3.41. The van der Waals surface area contributed by atoms with Crippen molar-refractivity contribution in [1.29, 1.82) is 0 Å². The Balaban J connectivity index is 1.52. The van der Waals surface area contributed by atoms with Gasteiger partial charge in [0.2, 0.25) is 11.8 Å². The number of aryl methyl sites for hydroxylation is 1. The molecule has 0 saturated carbocycles. The van der Waals surface area contributed by atoms with Crippen LogP contribution in [0.3, 0.4) is 0 Å². The van der Waals surface area contributed by atoms with Crippen molar-refractivity contribution in [2.75, 3.05) is 7.11 Å². The van der Waals surface area contributed by atoms with Gasteiger partial charge in [0.1, 0.15) is 11.6 Å². The predicted molar refractivity (Wildman–Crippen MR) is 98.7 cm³/mol. The zero-order valence-electron chi connectivity index (χ0n) is 14.6. The number of ether oxygens (including phenoxy) is 2. The van der Waals surface area contributed by atoms with E-state index in [0.717, 1.165) is 27.9 Å². The van der Waals surface area contributed by atoms with Crippen LogP contribution in [0, 0.1) is 6.92 Å². The molecule has 4 rings (SSSR count). The van der Waals surface area contributed by atoms with Gasteiger partial charge in [-0.25, -0.2) is 9.97 Å². The number of hydrogen-bond acceptors (Lipinski definition) is 5. The molecule has 0 saturated heterocycles. The van der Waals surface area contributed by atoms with Gasteiger partial charge >= 0.3 is 0 Å². The minimum Gasteiger partial charge on any atom is -0.481 e. The summed E-state index contributed by atoms with van der Waals surface area (Å²) in [5, 5.41) is 1.11. The lowest BCUT2D eigenvalue weighted by Crippen LogP contribution is -1.99. The second-order valence-electron chi connectivity index (χ2n) is 6.00. The molecule has 6 nitrogen and oxygen atoms in total. The Morgan fingerprint density at radius 2 is 1.92 bits per heavy atom. The summed E-state index contributed by atoms with van der Waals surface area (Å²) in [5.74, 6) is 2.52. The average molecular weight is 346 g/mol. The number of pyridine rings is 1. The number of hydrogen-bond donors (Lipinski definition) is 1. The first-order chi connectivity index (χ1) is 12.7. The average Bonchev–Trinajstić information content (AvgIpc) is 3.02. The summed E-state index contributed by atoms with van der Waals surface area (Å²) in [4.78, 5) is 16.3. The van der Waals surface area contributed by atoms with E-state index in [-0.39, 0.29) is 0 Å². The molecule has 4 aromatic rings. The lowest BCUT2D eigenvalue weighted by atomic mass is 10.2. The zero-order valence-corrected chi connectivity index (χ0v) is 14.6. The van der Waals surface area contributed by atoms with Gasteiger partial charge in [0.05, 0.1) is 7.11 Å². The Morgan fingerprint density at radius 1 is 1.00 bits per heavy atom. The number of nitrogens with zero attached hydrogens (tertiary/aromatic N) is 3. The Bertz CT molecular complexity index is 1040. The molecule has 6 heteroatoms. The number of nitrogens with one attached hydrogen (secondary N) is 1. The fraction of sp³-hybridized carbons (Fsp3) is 0.150. The monoisotopic (exact) mass is 346 g/mol. The largest absolute Gasteiger partial charge is 0.481 e. The Kier molecular flexibility index (Phi) is 4.23. The Morgan fingerprint density at radius 3 is 2.73 bits per heavy atom. The van der Waals surface area contributed by atoms with E-state index in [2.05, 4.69) is 26.0 Å². The predicted octanol–water partition coefficient (Wildman–Crippen LogP) is 4.05. The number of aromatic amines is 1. The van der Waals surface area contributed by atoms with Crippen LogP contribution in [0.15, 0.2) is 54.9 Å². The van der Waals surface area contributed by atoms with Crippen molar-refractivity contribution in [2.24, 2.45) is 0 Å². The number of rotatable bonds is 5. The molecule has 0 unspecified atom stereocenters. The number of benzene rings is 1. The van der Waals surface area contributed by atoms with Gasteiger partial charge in [-0.05, 0) is 36.8 Å². The summed E-state index contributed by atoms with van der Waals surface area (Å²) in [6.07, 6.45) is 4.04.